The Kier molecular flexibility index (Phi) is 5.79. The van der Waals surface area contributed by atoms with Gasteiger partial charge in [0.05, 0.1) is 13.0 Å². The molecule has 172 valence electrons. The first-order valence-corrected chi connectivity index (χ1v) is 11.6. The van der Waals surface area contributed by atoms with Crippen molar-refractivity contribution in [1.29, 1.82) is 0 Å². The Hall–Kier alpha value is -3.35. The number of hydrogen-bond donors (Lipinski definition) is 0. The maximum absolute atomic E-state index is 13.1. The molecule has 0 bridgehead atoms. The molecule has 0 N–H and O–H groups in total. The van der Waals surface area contributed by atoms with Crippen molar-refractivity contribution < 1.29 is 19.1 Å². The Morgan fingerprint density at radius 2 is 1.52 bits per heavy atom. The van der Waals surface area contributed by atoms with Crippen LogP contribution >= 0.6 is 0 Å². The van der Waals surface area contributed by atoms with Crippen LogP contribution in [0.1, 0.15) is 24.3 Å². The summed E-state index contributed by atoms with van der Waals surface area (Å²) < 4.78 is 5.18. The minimum Gasteiger partial charge on any atom is -0.497 e. The molecule has 1 saturated carbocycles. The van der Waals surface area contributed by atoms with E-state index in [1.807, 2.05) is 52.3 Å². The molecule has 0 aromatic heterocycles. The van der Waals surface area contributed by atoms with Gasteiger partial charge in [-0.1, -0.05) is 30.3 Å². The van der Waals surface area contributed by atoms with E-state index in [1.165, 1.54) is 5.56 Å². The fourth-order valence-electron chi connectivity index (χ4n) is 5.06. The summed E-state index contributed by atoms with van der Waals surface area (Å²) in [5, 5.41) is 0. The van der Waals surface area contributed by atoms with Crippen molar-refractivity contribution in [2.45, 2.75) is 18.8 Å². The van der Waals surface area contributed by atoms with Gasteiger partial charge in [0.1, 0.15) is 5.75 Å². The predicted molar refractivity (Wildman–Crippen MR) is 124 cm³/mol. The van der Waals surface area contributed by atoms with Gasteiger partial charge in [0, 0.05) is 50.7 Å². The normalized spacial score (nSPS) is 24.7. The van der Waals surface area contributed by atoms with Crippen LogP contribution in [0.2, 0.25) is 0 Å². The molecule has 33 heavy (non-hydrogen) atoms. The van der Waals surface area contributed by atoms with Crippen LogP contribution in [0, 0.1) is 11.8 Å². The van der Waals surface area contributed by atoms with E-state index < -0.39 is 0 Å². The van der Waals surface area contributed by atoms with Gasteiger partial charge in [0.25, 0.3) is 0 Å². The minimum absolute atomic E-state index is 0.0139. The Morgan fingerprint density at radius 3 is 2.15 bits per heavy atom. The SMILES string of the molecule is COc1ccc(N2CC(C(=O)N3CCN(C(=O)C4CC4c4ccccc4)CC3)CC2=O)cc1. The lowest BCUT2D eigenvalue weighted by molar-refractivity contribution is -0.142. The van der Waals surface area contributed by atoms with Gasteiger partial charge in [-0.25, -0.2) is 0 Å². The topological polar surface area (TPSA) is 70.2 Å². The maximum atomic E-state index is 13.1. The number of rotatable bonds is 5. The molecule has 1 aliphatic carbocycles. The Bertz CT molecular complexity index is 1030. The molecular formula is C26H29N3O4. The lowest BCUT2D eigenvalue weighted by atomic mass is 10.1. The van der Waals surface area contributed by atoms with E-state index in [-0.39, 0.29) is 36.0 Å². The molecule has 3 amide bonds. The summed E-state index contributed by atoms with van der Waals surface area (Å²) >= 11 is 0. The fourth-order valence-corrected chi connectivity index (χ4v) is 5.06. The van der Waals surface area contributed by atoms with Crippen LogP contribution in [0.3, 0.4) is 0 Å². The second kappa shape index (κ2) is 8.89. The fraction of sp³-hybridized carbons (Fsp3) is 0.423. The maximum Gasteiger partial charge on any atom is 0.228 e. The summed E-state index contributed by atoms with van der Waals surface area (Å²) in [6, 6.07) is 17.5. The van der Waals surface area contributed by atoms with Gasteiger partial charge in [0.2, 0.25) is 17.7 Å². The van der Waals surface area contributed by atoms with Gasteiger partial charge in [0.15, 0.2) is 0 Å². The number of ether oxygens (including phenoxy) is 1. The van der Waals surface area contributed by atoms with Gasteiger partial charge in [-0.15, -0.1) is 0 Å². The third-order valence-electron chi connectivity index (χ3n) is 7.10. The van der Waals surface area contributed by atoms with E-state index in [0.717, 1.165) is 17.9 Å². The summed E-state index contributed by atoms with van der Waals surface area (Å²) in [5.74, 6) is 0.970. The number of nitrogens with zero attached hydrogens (tertiary/aromatic N) is 3. The predicted octanol–water partition coefficient (Wildman–Crippen LogP) is 2.52. The standard InChI is InChI=1S/C26H29N3O4/c1-33-21-9-7-20(8-10-21)29-17-19(15-24(29)30)25(31)27-11-13-28(14-12-27)26(32)23-16-22(23)18-5-3-2-4-6-18/h2-10,19,22-23H,11-17H2,1H3. The van der Waals surface area contributed by atoms with Crippen molar-refractivity contribution in [2.24, 2.45) is 11.8 Å². The van der Waals surface area contributed by atoms with Crippen molar-refractivity contribution in [2.75, 3.05) is 44.7 Å². The van der Waals surface area contributed by atoms with Gasteiger partial charge < -0.3 is 19.4 Å². The molecule has 2 heterocycles. The third kappa shape index (κ3) is 4.32. The first-order chi connectivity index (χ1) is 16.0. The number of methoxy groups -OCH3 is 1. The molecule has 3 unspecified atom stereocenters. The average Bonchev–Trinajstić information content (AvgIpc) is 3.58. The molecule has 3 aliphatic rings. The van der Waals surface area contributed by atoms with E-state index >= 15 is 0 Å². The van der Waals surface area contributed by atoms with Crippen molar-refractivity contribution >= 4 is 23.4 Å². The van der Waals surface area contributed by atoms with Crippen molar-refractivity contribution in [3.05, 3.63) is 60.2 Å². The molecule has 2 saturated heterocycles. The smallest absolute Gasteiger partial charge is 0.228 e. The minimum atomic E-state index is -0.340. The van der Waals surface area contributed by atoms with Crippen molar-refractivity contribution in [1.82, 2.24) is 9.80 Å². The van der Waals surface area contributed by atoms with Crippen molar-refractivity contribution in [3.63, 3.8) is 0 Å². The van der Waals surface area contributed by atoms with Crippen LogP contribution in [0.15, 0.2) is 54.6 Å². The number of anilines is 1. The monoisotopic (exact) mass is 447 g/mol. The first kappa shape index (κ1) is 21.5. The number of hydrogen-bond acceptors (Lipinski definition) is 4. The lowest BCUT2D eigenvalue weighted by Gasteiger charge is -2.36. The van der Waals surface area contributed by atoms with Crippen LogP contribution in [0.4, 0.5) is 5.69 Å². The number of benzene rings is 2. The Balaban J connectivity index is 1.13. The Labute approximate surface area is 193 Å². The first-order valence-electron chi connectivity index (χ1n) is 11.6. The third-order valence-corrected chi connectivity index (χ3v) is 7.10. The average molecular weight is 448 g/mol. The molecule has 0 radical (unpaired) electrons. The molecule has 5 rings (SSSR count). The van der Waals surface area contributed by atoms with Gasteiger partial charge in [-0.2, -0.15) is 0 Å². The van der Waals surface area contributed by atoms with E-state index in [9.17, 15) is 14.4 Å². The molecular weight excluding hydrogens is 418 g/mol. The highest BCUT2D eigenvalue weighted by Crippen LogP contribution is 2.48. The molecule has 2 aliphatic heterocycles. The van der Waals surface area contributed by atoms with Gasteiger partial charge >= 0.3 is 0 Å². The van der Waals surface area contributed by atoms with E-state index in [4.69, 9.17) is 4.74 Å². The van der Waals surface area contributed by atoms with Crippen molar-refractivity contribution in [3.8, 4) is 5.75 Å². The second-order valence-corrected chi connectivity index (χ2v) is 9.11. The summed E-state index contributed by atoms with van der Waals surface area (Å²) in [6.45, 7) is 2.57. The molecule has 3 atom stereocenters. The molecule has 7 nitrogen and oxygen atoms in total. The lowest BCUT2D eigenvalue weighted by Crippen LogP contribution is -2.52. The van der Waals surface area contributed by atoms with Crippen LogP contribution in [0.25, 0.3) is 0 Å². The molecule has 0 spiro atoms. The zero-order valence-corrected chi connectivity index (χ0v) is 18.9. The van der Waals surface area contributed by atoms with Gasteiger partial charge in [-0.05, 0) is 42.2 Å². The quantitative estimate of drug-likeness (QED) is 0.706. The molecule has 3 fully saturated rings. The van der Waals surface area contributed by atoms with E-state index in [1.54, 1.807) is 12.0 Å². The highest BCUT2D eigenvalue weighted by atomic mass is 16.5. The number of carbonyl (C=O) groups excluding carboxylic acids is 3. The number of carbonyl (C=O) groups is 3. The van der Waals surface area contributed by atoms with Crippen LogP contribution in [0.5, 0.6) is 5.75 Å². The summed E-state index contributed by atoms with van der Waals surface area (Å²) in [4.78, 5) is 44.0. The summed E-state index contributed by atoms with van der Waals surface area (Å²) in [7, 11) is 1.60. The highest BCUT2D eigenvalue weighted by Gasteiger charge is 2.46. The van der Waals surface area contributed by atoms with E-state index in [2.05, 4.69) is 12.1 Å². The second-order valence-electron chi connectivity index (χ2n) is 9.11. The number of amides is 3. The molecule has 2 aromatic rings. The highest BCUT2D eigenvalue weighted by molar-refractivity contribution is 6.00. The molecule has 2 aromatic carbocycles. The van der Waals surface area contributed by atoms with Crippen LogP contribution in [-0.4, -0.2) is 67.4 Å². The van der Waals surface area contributed by atoms with Crippen LogP contribution in [-0.2, 0) is 14.4 Å². The van der Waals surface area contributed by atoms with Gasteiger partial charge in [-0.3, -0.25) is 14.4 Å². The van der Waals surface area contributed by atoms with E-state index in [0.29, 0.717) is 38.6 Å². The summed E-state index contributed by atoms with van der Waals surface area (Å²) in [6.07, 6.45) is 1.14. The largest absolute Gasteiger partial charge is 0.497 e. The zero-order valence-electron chi connectivity index (χ0n) is 18.9. The Morgan fingerprint density at radius 1 is 0.879 bits per heavy atom. The summed E-state index contributed by atoms with van der Waals surface area (Å²) in [5.41, 5.74) is 2.01. The van der Waals surface area contributed by atoms with Crippen LogP contribution < -0.4 is 9.64 Å². The number of piperazine rings is 1. The molecule has 7 heteroatoms. The zero-order chi connectivity index (χ0) is 22.9.